The van der Waals surface area contributed by atoms with Crippen molar-refractivity contribution in [1.82, 2.24) is 9.78 Å². The van der Waals surface area contributed by atoms with Crippen LogP contribution < -0.4 is 4.90 Å². The zero-order chi connectivity index (χ0) is 11.7. The fourth-order valence-corrected chi connectivity index (χ4v) is 2.32. The first-order valence-electron chi connectivity index (χ1n) is 5.55. The van der Waals surface area contributed by atoms with Crippen LogP contribution in [0.25, 0.3) is 0 Å². The summed E-state index contributed by atoms with van der Waals surface area (Å²) < 4.78 is 1.72. The van der Waals surface area contributed by atoms with E-state index in [1.807, 2.05) is 18.9 Å². The molecule has 0 amide bonds. The van der Waals surface area contributed by atoms with Crippen LogP contribution in [-0.2, 0) is 7.05 Å². The number of carbonyl (C=O) groups is 1. The molecule has 0 spiro atoms. The van der Waals surface area contributed by atoms with Crippen LogP contribution in [0.3, 0.4) is 0 Å². The fraction of sp³-hybridized carbons (Fsp3) is 0.636. The largest absolute Gasteiger partial charge is 0.391 e. The van der Waals surface area contributed by atoms with Crippen LogP contribution in [0.5, 0.6) is 0 Å². The molecule has 0 aromatic carbocycles. The number of piperidine rings is 1. The van der Waals surface area contributed by atoms with Gasteiger partial charge in [0.05, 0.1) is 17.4 Å². The second kappa shape index (κ2) is 4.25. The van der Waals surface area contributed by atoms with Crippen molar-refractivity contribution in [2.45, 2.75) is 25.9 Å². The second-order valence-electron chi connectivity index (χ2n) is 4.31. The molecule has 1 aliphatic rings. The molecule has 5 nitrogen and oxygen atoms in total. The number of hydrogen-bond donors (Lipinski definition) is 1. The summed E-state index contributed by atoms with van der Waals surface area (Å²) >= 11 is 0. The highest BCUT2D eigenvalue weighted by molar-refractivity contribution is 5.84. The van der Waals surface area contributed by atoms with Crippen LogP contribution in [0.2, 0.25) is 0 Å². The molecule has 1 unspecified atom stereocenters. The van der Waals surface area contributed by atoms with Gasteiger partial charge < -0.3 is 10.0 Å². The molecule has 2 rings (SSSR count). The third-order valence-corrected chi connectivity index (χ3v) is 3.05. The summed E-state index contributed by atoms with van der Waals surface area (Å²) in [6.45, 7) is 3.28. The van der Waals surface area contributed by atoms with E-state index in [-0.39, 0.29) is 6.10 Å². The summed E-state index contributed by atoms with van der Waals surface area (Å²) in [6.07, 6.45) is 2.33. The molecule has 0 saturated carbocycles. The van der Waals surface area contributed by atoms with E-state index < -0.39 is 0 Å². The predicted octanol–water partition coefficient (Wildman–Crippen LogP) is 0.502. The molecule has 0 radical (unpaired) electrons. The molecule has 1 aliphatic heterocycles. The number of nitrogens with zero attached hydrogens (tertiary/aromatic N) is 3. The standard InChI is InChI=1S/C11H17N3O2/c1-8-10(7-15)11(13(2)12-8)14-5-3-4-9(16)6-14/h7,9,16H,3-6H2,1-2H3. The van der Waals surface area contributed by atoms with E-state index in [0.717, 1.165) is 37.2 Å². The normalized spacial score (nSPS) is 21.2. The van der Waals surface area contributed by atoms with Gasteiger partial charge >= 0.3 is 0 Å². The van der Waals surface area contributed by atoms with Gasteiger partial charge in [-0.15, -0.1) is 0 Å². The lowest BCUT2D eigenvalue weighted by atomic mass is 10.1. The van der Waals surface area contributed by atoms with Gasteiger partial charge in [-0.1, -0.05) is 0 Å². The predicted molar refractivity (Wildman–Crippen MR) is 60.8 cm³/mol. The molecular weight excluding hydrogens is 206 g/mol. The molecule has 1 atom stereocenters. The minimum atomic E-state index is -0.302. The molecule has 1 saturated heterocycles. The Balaban J connectivity index is 2.34. The molecule has 0 bridgehead atoms. The SMILES string of the molecule is Cc1nn(C)c(N2CCCC(O)C2)c1C=O. The van der Waals surface area contributed by atoms with Crippen LogP contribution in [-0.4, -0.2) is 40.4 Å². The molecule has 1 N–H and O–H groups in total. The number of aldehydes is 1. The number of rotatable bonds is 2. The molecule has 88 valence electrons. The van der Waals surface area contributed by atoms with Gasteiger partial charge in [-0.2, -0.15) is 5.10 Å². The summed E-state index contributed by atoms with van der Waals surface area (Å²) in [5.74, 6) is 0.825. The lowest BCUT2D eigenvalue weighted by Crippen LogP contribution is -2.39. The summed E-state index contributed by atoms with van der Waals surface area (Å²) in [5, 5.41) is 13.9. The first-order valence-corrected chi connectivity index (χ1v) is 5.55. The third-order valence-electron chi connectivity index (χ3n) is 3.05. The van der Waals surface area contributed by atoms with Crippen molar-refractivity contribution in [3.63, 3.8) is 0 Å². The number of carbonyl (C=O) groups excluding carboxylic acids is 1. The summed E-state index contributed by atoms with van der Waals surface area (Å²) in [5.41, 5.74) is 1.38. The molecular formula is C11H17N3O2. The Morgan fingerprint density at radius 3 is 2.94 bits per heavy atom. The van der Waals surface area contributed by atoms with Gasteiger partial charge in [0.15, 0.2) is 6.29 Å². The van der Waals surface area contributed by atoms with Gasteiger partial charge in [-0.3, -0.25) is 9.48 Å². The van der Waals surface area contributed by atoms with Crippen LogP contribution in [0.4, 0.5) is 5.82 Å². The van der Waals surface area contributed by atoms with Gasteiger partial charge in [0.1, 0.15) is 5.82 Å². The van der Waals surface area contributed by atoms with Gasteiger partial charge in [-0.25, -0.2) is 0 Å². The smallest absolute Gasteiger partial charge is 0.155 e. The minimum absolute atomic E-state index is 0.302. The third kappa shape index (κ3) is 1.82. The van der Waals surface area contributed by atoms with Gasteiger partial charge in [-0.05, 0) is 19.8 Å². The number of β-amino-alcohol motifs (C(OH)–C–C–N with tert-alkyl or cyclic N) is 1. The summed E-state index contributed by atoms with van der Waals surface area (Å²) in [6, 6.07) is 0. The zero-order valence-electron chi connectivity index (χ0n) is 9.68. The van der Waals surface area contributed by atoms with Crippen LogP contribution in [0.1, 0.15) is 28.9 Å². The van der Waals surface area contributed by atoms with Gasteiger partial charge in [0.2, 0.25) is 0 Å². The van der Waals surface area contributed by atoms with Crippen molar-refractivity contribution in [1.29, 1.82) is 0 Å². The molecule has 2 heterocycles. The van der Waals surface area contributed by atoms with E-state index in [1.54, 1.807) is 4.68 Å². The molecule has 1 aromatic rings. The number of aliphatic hydroxyl groups is 1. The lowest BCUT2D eigenvalue weighted by Gasteiger charge is -2.31. The van der Waals surface area contributed by atoms with E-state index in [0.29, 0.717) is 12.1 Å². The molecule has 1 aromatic heterocycles. The minimum Gasteiger partial charge on any atom is -0.391 e. The number of anilines is 1. The number of aliphatic hydroxyl groups excluding tert-OH is 1. The van der Waals surface area contributed by atoms with E-state index in [9.17, 15) is 9.90 Å². The quantitative estimate of drug-likeness (QED) is 0.742. The highest BCUT2D eigenvalue weighted by Crippen LogP contribution is 2.24. The fourth-order valence-electron chi connectivity index (χ4n) is 2.32. The maximum absolute atomic E-state index is 11.0. The summed E-state index contributed by atoms with van der Waals surface area (Å²) in [7, 11) is 1.83. The van der Waals surface area contributed by atoms with E-state index >= 15 is 0 Å². The lowest BCUT2D eigenvalue weighted by molar-refractivity contribution is 0.112. The summed E-state index contributed by atoms with van der Waals surface area (Å²) in [4.78, 5) is 13.1. The average molecular weight is 223 g/mol. The number of hydrogen-bond acceptors (Lipinski definition) is 4. The van der Waals surface area contributed by atoms with Crippen LogP contribution in [0, 0.1) is 6.92 Å². The van der Waals surface area contributed by atoms with Crippen molar-refractivity contribution >= 4 is 12.1 Å². The number of aromatic nitrogens is 2. The number of aryl methyl sites for hydroxylation is 2. The Bertz CT molecular complexity index is 400. The van der Waals surface area contributed by atoms with E-state index in [1.165, 1.54) is 0 Å². The molecule has 16 heavy (non-hydrogen) atoms. The molecule has 0 aliphatic carbocycles. The maximum Gasteiger partial charge on any atom is 0.155 e. The first-order chi connectivity index (χ1) is 7.63. The topological polar surface area (TPSA) is 58.4 Å². The van der Waals surface area contributed by atoms with Gasteiger partial charge in [0.25, 0.3) is 0 Å². The Morgan fingerprint density at radius 1 is 1.56 bits per heavy atom. The Morgan fingerprint density at radius 2 is 2.31 bits per heavy atom. The van der Waals surface area contributed by atoms with Gasteiger partial charge in [0, 0.05) is 20.1 Å². The van der Waals surface area contributed by atoms with Crippen LogP contribution in [0.15, 0.2) is 0 Å². The zero-order valence-corrected chi connectivity index (χ0v) is 9.68. The molecule has 5 heteroatoms. The van der Waals surface area contributed by atoms with E-state index in [4.69, 9.17) is 0 Å². The Labute approximate surface area is 94.7 Å². The van der Waals surface area contributed by atoms with E-state index in [2.05, 4.69) is 5.10 Å². The van der Waals surface area contributed by atoms with Crippen molar-refractivity contribution < 1.29 is 9.90 Å². The first kappa shape index (κ1) is 11.1. The van der Waals surface area contributed by atoms with Crippen molar-refractivity contribution in [2.75, 3.05) is 18.0 Å². The monoisotopic (exact) mass is 223 g/mol. The van der Waals surface area contributed by atoms with Crippen molar-refractivity contribution in [3.05, 3.63) is 11.3 Å². The molecule has 1 fully saturated rings. The van der Waals surface area contributed by atoms with Crippen LogP contribution >= 0.6 is 0 Å². The van der Waals surface area contributed by atoms with Crippen molar-refractivity contribution in [3.8, 4) is 0 Å². The Kier molecular flexibility index (Phi) is 2.96. The average Bonchev–Trinajstić information content (AvgIpc) is 2.52. The highest BCUT2D eigenvalue weighted by Gasteiger charge is 2.24. The maximum atomic E-state index is 11.0. The highest BCUT2D eigenvalue weighted by atomic mass is 16.3. The Hall–Kier alpha value is -1.36. The second-order valence-corrected chi connectivity index (χ2v) is 4.31. The van der Waals surface area contributed by atoms with Crippen molar-refractivity contribution in [2.24, 2.45) is 7.05 Å².